The summed E-state index contributed by atoms with van der Waals surface area (Å²) in [4.78, 5) is 0. The SMILES string of the molecule is Cc1ccc(O)c(C2CCOCC2)c1. The maximum atomic E-state index is 9.75. The summed E-state index contributed by atoms with van der Waals surface area (Å²) in [5.74, 6) is 0.908. The van der Waals surface area contributed by atoms with Crippen molar-refractivity contribution in [3.8, 4) is 5.75 Å². The highest BCUT2D eigenvalue weighted by Crippen LogP contribution is 2.33. The topological polar surface area (TPSA) is 29.5 Å². The van der Waals surface area contributed by atoms with Crippen molar-refractivity contribution in [3.05, 3.63) is 29.3 Å². The molecule has 1 fully saturated rings. The summed E-state index contributed by atoms with van der Waals surface area (Å²) < 4.78 is 5.31. The first kappa shape index (κ1) is 9.53. The molecule has 1 aromatic carbocycles. The Labute approximate surface area is 84.5 Å². The van der Waals surface area contributed by atoms with Crippen molar-refractivity contribution in [1.82, 2.24) is 0 Å². The lowest BCUT2D eigenvalue weighted by Gasteiger charge is -2.23. The van der Waals surface area contributed by atoms with Gasteiger partial charge in [-0.05, 0) is 37.3 Å². The van der Waals surface area contributed by atoms with Gasteiger partial charge in [-0.25, -0.2) is 0 Å². The van der Waals surface area contributed by atoms with E-state index in [0.29, 0.717) is 11.7 Å². The van der Waals surface area contributed by atoms with E-state index < -0.39 is 0 Å². The number of rotatable bonds is 1. The molecule has 1 aliphatic rings. The summed E-state index contributed by atoms with van der Waals surface area (Å²) in [5.41, 5.74) is 2.30. The average Bonchev–Trinajstić information content (AvgIpc) is 2.23. The van der Waals surface area contributed by atoms with Gasteiger partial charge in [-0.2, -0.15) is 0 Å². The third-order valence-corrected chi connectivity index (χ3v) is 2.84. The zero-order chi connectivity index (χ0) is 9.97. The number of phenolic OH excluding ortho intramolecular Hbond substituents is 1. The maximum absolute atomic E-state index is 9.75. The summed E-state index contributed by atoms with van der Waals surface area (Å²) in [7, 11) is 0. The van der Waals surface area contributed by atoms with E-state index in [0.717, 1.165) is 31.6 Å². The Balaban J connectivity index is 2.24. The second-order valence-corrected chi connectivity index (χ2v) is 3.95. The van der Waals surface area contributed by atoms with Crippen LogP contribution >= 0.6 is 0 Å². The molecule has 2 nitrogen and oxygen atoms in total. The molecule has 0 amide bonds. The van der Waals surface area contributed by atoms with E-state index in [4.69, 9.17) is 4.74 Å². The smallest absolute Gasteiger partial charge is 0.119 e. The molecule has 76 valence electrons. The maximum Gasteiger partial charge on any atom is 0.119 e. The van der Waals surface area contributed by atoms with Crippen molar-refractivity contribution in [2.45, 2.75) is 25.7 Å². The first-order valence-corrected chi connectivity index (χ1v) is 5.14. The highest BCUT2D eigenvalue weighted by atomic mass is 16.5. The van der Waals surface area contributed by atoms with Crippen molar-refractivity contribution >= 4 is 0 Å². The molecule has 0 aliphatic carbocycles. The van der Waals surface area contributed by atoms with Crippen molar-refractivity contribution in [2.75, 3.05) is 13.2 Å². The van der Waals surface area contributed by atoms with Gasteiger partial charge >= 0.3 is 0 Å². The van der Waals surface area contributed by atoms with E-state index in [-0.39, 0.29) is 0 Å². The summed E-state index contributed by atoms with van der Waals surface area (Å²) in [6, 6.07) is 5.82. The van der Waals surface area contributed by atoms with Gasteiger partial charge in [0.25, 0.3) is 0 Å². The minimum Gasteiger partial charge on any atom is -0.508 e. The first-order valence-electron chi connectivity index (χ1n) is 5.14. The number of ether oxygens (including phenoxy) is 1. The van der Waals surface area contributed by atoms with Crippen LogP contribution in [0.4, 0.5) is 0 Å². The van der Waals surface area contributed by atoms with Crippen molar-refractivity contribution in [2.24, 2.45) is 0 Å². The van der Waals surface area contributed by atoms with Crippen molar-refractivity contribution < 1.29 is 9.84 Å². The Morgan fingerprint density at radius 3 is 2.71 bits per heavy atom. The van der Waals surface area contributed by atoms with Gasteiger partial charge in [-0.1, -0.05) is 17.7 Å². The number of hydrogen-bond acceptors (Lipinski definition) is 2. The van der Waals surface area contributed by atoms with Crippen LogP contribution in [-0.4, -0.2) is 18.3 Å². The van der Waals surface area contributed by atoms with Crippen molar-refractivity contribution in [3.63, 3.8) is 0 Å². The van der Waals surface area contributed by atoms with Gasteiger partial charge < -0.3 is 9.84 Å². The van der Waals surface area contributed by atoms with Gasteiger partial charge in [-0.3, -0.25) is 0 Å². The molecule has 1 N–H and O–H groups in total. The standard InChI is InChI=1S/C12H16O2/c1-9-2-3-12(13)11(8-9)10-4-6-14-7-5-10/h2-3,8,10,13H,4-7H2,1H3. The quantitative estimate of drug-likeness (QED) is 0.741. The van der Waals surface area contributed by atoms with E-state index in [1.807, 2.05) is 6.07 Å². The summed E-state index contributed by atoms with van der Waals surface area (Å²) in [5, 5.41) is 9.75. The highest BCUT2D eigenvalue weighted by molar-refractivity contribution is 5.38. The van der Waals surface area contributed by atoms with Gasteiger partial charge in [0.2, 0.25) is 0 Å². The second kappa shape index (κ2) is 4.01. The van der Waals surface area contributed by atoms with Gasteiger partial charge in [0.15, 0.2) is 0 Å². The number of aromatic hydroxyl groups is 1. The third kappa shape index (κ3) is 1.90. The molecular weight excluding hydrogens is 176 g/mol. The Morgan fingerprint density at radius 1 is 1.29 bits per heavy atom. The molecular formula is C12H16O2. The highest BCUT2D eigenvalue weighted by Gasteiger charge is 2.18. The van der Waals surface area contributed by atoms with Crippen LogP contribution in [0.5, 0.6) is 5.75 Å². The Hall–Kier alpha value is -1.02. The van der Waals surface area contributed by atoms with Crippen LogP contribution in [0.3, 0.4) is 0 Å². The van der Waals surface area contributed by atoms with Crippen LogP contribution < -0.4 is 0 Å². The normalized spacial score (nSPS) is 18.4. The van der Waals surface area contributed by atoms with Gasteiger partial charge in [0, 0.05) is 13.2 Å². The van der Waals surface area contributed by atoms with E-state index in [9.17, 15) is 5.11 Å². The molecule has 0 aromatic heterocycles. The Kier molecular flexibility index (Phi) is 2.73. The average molecular weight is 192 g/mol. The van der Waals surface area contributed by atoms with E-state index in [1.165, 1.54) is 5.56 Å². The number of hydrogen-bond donors (Lipinski definition) is 1. The van der Waals surface area contributed by atoms with Crippen LogP contribution in [0.1, 0.15) is 29.9 Å². The second-order valence-electron chi connectivity index (χ2n) is 3.95. The molecule has 0 radical (unpaired) electrons. The zero-order valence-electron chi connectivity index (χ0n) is 8.49. The molecule has 1 aliphatic heterocycles. The molecule has 1 heterocycles. The van der Waals surface area contributed by atoms with Gasteiger partial charge in [0.05, 0.1) is 0 Å². The number of aryl methyl sites for hydroxylation is 1. The lowest BCUT2D eigenvalue weighted by atomic mass is 9.90. The predicted octanol–water partition coefficient (Wildman–Crippen LogP) is 2.59. The first-order chi connectivity index (χ1) is 6.77. The monoisotopic (exact) mass is 192 g/mol. The predicted molar refractivity (Wildman–Crippen MR) is 55.6 cm³/mol. The molecule has 0 spiro atoms. The van der Waals surface area contributed by atoms with Gasteiger partial charge in [-0.15, -0.1) is 0 Å². The van der Waals surface area contributed by atoms with Crippen LogP contribution in [0, 0.1) is 6.92 Å². The van der Waals surface area contributed by atoms with Crippen molar-refractivity contribution in [1.29, 1.82) is 0 Å². The fourth-order valence-electron chi connectivity index (χ4n) is 2.01. The lowest BCUT2D eigenvalue weighted by molar-refractivity contribution is 0.0848. The molecule has 0 atom stereocenters. The lowest BCUT2D eigenvalue weighted by Crippen LogP contribution is -2.14. The van der Waals surface area contributed by atoms with E-state index >= 15 is 0 Å². The van der Waals surface area contributed by atoms with Gasteiger partial charge in [0.1, 0.15) is 5.75 Å². The minimum atomic E-state index is 0.433. The summed E-state index contributed by atoms with van der Waals surface area (Å²) in [6.45, 7) is 3.69. The molecule has 1 saturated heterocycles. The molecule has 1 aromatic rings. The van der Waals surface area contributed by atoms with Crippen LogP contribution in [0.15, 0.2) is 18.2 Å². The largest absolute Gasteiger partial charge is 0.508 e. The molecule has 0 saturated carbocycles. The summed E-state index contributed by atoms with van der Waals surface area (Å²) >= 11 is 0. The molecule has 2 rings (SSSR count). The number of phenols is 1. The molecule has 14 heavy (non-hydrogen) atoms. The molecule has 2 heteroatoms. The summed E-state index contributed by atoms with van der Waals surface area (Å²) in [6.07, 6.45) is 2.05. The fourth-order valence-corrected chi connectivity index (χ4v) is 2.01. The minimum absolute atomic E-state index is 0.433. The molecule has 0 unspecified atom stereocenters. The Bertz CT molecular complexity index is 314. The third-order valence-electron chi connectivity index (χ3n) is 2.84. The van der Waals surface area contributed by atoms with E-state index in [1.54, 1.807) is 6.07 Å². The fraction of sp³-hybridized carbons (Fsp3) is 0.500. The van der Waals surface area contributed by atoms with Crippen LogP contribution in [0.2, 0.25) is 0 Å². The van der Waals surface area contributed by atoms with Crippen LogP contribution in [-0.2, 0) is 4.74 Å². The Morgan fingerprint density at radius 2 is 2.00 bits per heavy atom. The van der Waals surface area contributed by atoms with Crippen LogP contribution in [0.25, 0.3) is 0 Å². The number of benzene rings is 1. The molecule has 0 bridgehead atoms. The van der Waals surface area contributed by atoms with E-state index in [2.05, 4.69) is 13.0 Å². The zero-order valence-corrected chi connectivity index (χ0v) is 8.49.